The summed E-state index contributed by atoms with van der Waals surface area (Å²) in [5, 5.41) is 0. The predicted molar refractivity (Wildman–Crippen MR) is 60.9 cm³/mol. The van der Waals surface area contributed by atoms with Gasteiger partial charge in [0.25, 0.3) is 0 Å². The van der Waals surface area contributed by atoms with Crippen LogP contribution in [0.5, 0.6) is 0 Å². The van der Waals surface area contributed by atoms with Crippen molar-refractivity contribution in [3.63, 3.8) is 0 Å². The highest BCUT2D eigenvalue weighted by molar-refractivity contribution is 5.83. The molecule has 2 atom stereocenters. The van der Waals surface area contributed by atoms with E-state index < -0.39 is 0 Å². The van der Waals surface area contributed by atoms with Gasteiger partial charge in [-0.25, -0.2) is 0 Å². The lowest BCUT2D eigenvalue weighted by Crippen LogP contribution is -2.40. The number of Topliss-reactive ketones (excluding diaryl/α,β-unsaturated/α-hetero) is 1. The maximum atomic E-state index is 11.5. The lowest BCUT2D eigenvalue weighted by molar-refractivity contribution is -0.121. The summed E-state index contributed by atoms with van der Waals surface area (Å²) in [5.74, 6) is 0.738. The Kier molecular flexibility index (Phi) is 5.26. The zero-order valence-electron chi connectivity index (χ0n) is 10.2. The van der Waals surface area contributed by atoms with Crippen molar-refractivity contribution in [1.29, 1.82) is 0 Å². The molecule has 3 heteroatoms. The summed E-state index contributed by atoms with van der Waals surface area (Å²) >= 11 is 0. The first-order valence-electron chi connectivity index (χ1n) is 5.94. The molecule has 0 aliphatic heterocycles. The minimum Gasteiger partial charge on any atom is -0.383 e. The van der Waals surface area contributed by atoms with Gasteiger partial charge in [0, 0.05) is 32.0 Å². The number of rotatable bonds is 6. The molecule has 1 aliphatic rings. The highest BCUT2D eigenvalue weighted by Gasteiger charge is 2.27. The fourth-order valence-electron chi connectivity index (χ4n) is 2.33. The summed E-state index contributed by atoms with van der Waals surface area (Å²) in [6, 6.07) is 0.411. The Balaban J connectivity index is 2.41. The Bertz CT molecular complexity index is 206. The van der Waals surface area contributed by atoms with Crippen molar-refractivity contribution in [3.8, 4) is 0 Å². The Labute approximate surface area is 92.8 Å². The maximum Gasteiger partial charge on any atom is 0.137 e. The standard InChI is InChI=1S/C12H23NO2/c1-4-13(10(2)9-15-3)8-11-6-5-7-12(11)14/h10-11H,4-9H2,1-3H3. The van der Waals surface area contributed by atoms with Gasteiger partial charge in [-0.1, -0.05) is 6.92 Å². The van der Waals surface area contributed by atoms with E-state index in [1.165, 1.54) is 0 Å². The van der Waals surface area contributed by atoms with E-state index in [0.29, 0.717) is 11.8 Å². The van der Waals surface area contributed by atoms with Crippen LogP contribution in [-0.4, -0.2) is 43.5 Å². The molecule has 88 valence electrons. The quantitative estimate of drug-likeness (QED) is 0.672. The number of carbonyl (C=O) groups is 1. The molecule has 1 aliphatic carbocycles. The smallest absolute Gasteiger partial charge is 0.137 e. The summed E-state index contributed by atoms with van der Waals surface area (Å²) < 4.78 is 5.15. The number of nitrogens with zero attached hydrogens (tertiary/aromatic N) is 1. The Morgan fingerprint density at radius 1 is 1.60 bits per heavy atom. The topological polar surface area (TPSA) is 29.5 Å². The number of methoxy groups -OCH3 is 1. The van der Waals surface area contributed by atoms with E-state index in [9.17, 15) is 4.79 Å². The monoisotopic (exact) mass is 213 g/mol. The molecule has 15 heavy (non-hydrogen) atoms. The fraction of sp³-hybridized carbons (Fsp3) is 0.917. The summed E-state index contributed by atoms with van der Waals surface area (Å²) in [4.78, 5) is 13.9. The molecule has 1 fully saturated rings. The van der Waals surface area contributed by atoms with Crippen molar-refractivity contribution in [3.05, 3.63) is 0 Å². The zero-order valence-corrected chi connectivity index (χ0v) is 10.2. The van der Waals surface area contributed by atoms with Crippen molar-refractivity contribution >= 4 is 5.78 Å². The highest BCUT2D eigenvalue weighted by atomic mass is 16.5. The highest BCUT2D eigenvalue weighted by Crippen LogP contribution is 2.22. The normalized spacial score (nSPS) is 23.7. The van der Waals surface area contributed by atoms with Crippen molar-refractivity contribution in [1.82, 2.24) is 4.90 Å². The number of carbonyl (C=O) groups excluding carboxylic acids is 1. The predicted octanol–water partition coefficient (Wildman–Crippen LogP) is 1.71. The van der Waals surface area contributed by atoms with Gasteiger partial charge >= 0.3 is 0 Å². The van der Waals surface area contributed by atoms with Crippen LogP contribution in [0.2, 0.25) is 0 Å². The first-order chi connectivity index (χ1) is 7.19. The number of ketones is 1. The van der Waals surface area contributed by atoms with Gasteiger partial charge < -0.3 is 4.74 Å². The summed E-state index contributed by atoms with van der Waals surface area (Å²) in [7, 11) is 1.73. The number of ether oxygens (including phenoxy) is 1. The molecule has 0 aromatic heterocycles. The van der Waals surface area contributed by atoms with Crippen LogP contribution in [0.4, 0.5) is 0 Å². The third-order valence-corrected chi connectivity index (χ3v) is 3.32. The summed E-state index contributed by atoms with van der Waals surface area (Å²) in [6.45, 7) is 6.96. The molecule has 0 bridgehead atoms. The zero-order chi connectivity index (χ0) is 11.3. The number of hydrogen-bond donors (Lipinski definition) is 0. The average molecular weight is 213 g/mol. The molecule has 3 nitrogen and oxygen atoms in total. The average Bonchev–Trinajstić information content (AvgIpc) is 2.61. The van der Waals surface area contributed by atoms with Crippen LogP contribution < -0.4 is 0 Å². The largest absolute Gasteiger partial charge is 0.383 e. The number of likely N-dealkylation sites (N-methyl/N-ethyl adjacent to an activating group) is 1. The second-order valence-corrected chi connectivity index (χ2v) is 4.45. The molecule has 0 N–H and O–H groups in total. The fourth-order valence-corrected chi connectivity index (χ4v) is 2.33. The Hall–Kier alpha value is -0.410. The van der Waals surface area contributed by atoms with Crippen LogP contribution in [-0.2, 0) is 9.53 Å². The molecule has 0 heterocycles. The molecule has 1 rings (SSSR count). The van der Waals surface area contributed by atoms with Gasteiger partial charge in [-0.2, -0.15) is 0 Å². The molecule has 0 radical (unpaired) electrons. The van der Waals surface area contributed by atoms with Crippen LogP contribution in [0.1, 0.15) is 33.1 Å². The van der Waals surface area contributed by atoms with Gasteiger partial charge in [-0.05, 0) is 26.3 Å². The minimum atomic E-state index is 0.282. The van der Waals surface area contributed by atoms with Gasteiger partial charge in [0.2, 0.25) is 0 Å². The van der Waals surface area contributed by atoms with Crippen LogP contribution in [0.25, 0.3) is 0 Å². The summed E-state index contributed by atoms with van der Waals surface area (Å²) in [6.07, 6.45) is 2.95. The van der Waals surface area contributed by atoms with Crippen LogP contribution >= 0.6 is 0 Å². The van der Waals surface area contributed by atoms with E-state index in [1.54, 1.807) is 7.11 Å². The van der Waals surface area contributed by atoms with Crippen molar-refractivity contribution in [2.45, 2.75) is 39.2 Å². The van der Waals surface area contributed by atoms with E-state index in [2.05, 4.69) is 18.7 Å². The lowest BCUT2D eigenvalue weighted by atomic mass is 10.1. The van der Waals surface area contributed by atoms with Crippen LogP contribution in [0.15, 0.2) is 0 Å². The van der Waals surface area contributed by atoms with Crippen molar-refractivity contribution < 1.29 is 9.53 Å². The van der Waals surface area contributed by atoms with E-state index in [-0.39, 0.29) is 5.92 Å². The van der Waals surface area contributed by atoms with Crippen molar-refractivity contribution in [2.75, 3.05) is 26.8 Å². The Morgan fingerprint density at radius 2 is 2.33 bits per heavy atom. The Morgan fingerprint density at radius 3 is 2.80 bits per heavy atom. The van der Waals surface area contributed by atoms with Gasteiger partial charge in [0.05, 0.1) is 6.61 Å². The van der Waals surface area contributed by atoms with E-state index >= 15 is 0 Å². The minimum absolute atomic E-state index is 0.282. The molecular weight excluding hydrogens is 190 g/mol. The molecule has 1 saturated carbocycles. The third kappa shape index (κ3) is 3.58. The van der Waals surface area contributed by atoms with Gasteiger partial charge in [0.1, 0.15) is 5.78 Å². The maximum absolute atomic E-state index is 11.5. The first-order valence-corrected chi connectivity index (χ1v) is 5.94. The second kappa shape index (κ2) is 6.23. The third-order valence-electron chi connectivity index (χ3n) is 3.32. The molecule has 0 aromatic carbocycles. The lowest BCUT2D eigenvalue weighted by Gasteiger charge is -2.29. The molecule has 0 spiro atoms. The summed E-state index contributed by atoms with van der Waals surface area (Å²) in [5.41, 5.74) is 0. The van der Waals surface area contributed by atoms with Crippen LogP contribution in [0, 0.1) is 5.92 Å². The second-order valence-electron chi connectivity index (χ2n) is 4.45. The van der Waals surface area contributed by atoms with E-state index in [4.69, 9.17) is 4.74 Å². The van der Waals surface area contributed by atoms with Gasteiger partial charge in [-0.15, -0.1) is 0 Å². The van der Waals surface area contributed by atoms with E-state index in [0.717, 1.165) is 39.0 Å². The SMILES string of the molecule is CCN(CC1CCCC1=O)C(C)COC. The molecule has 0 amide bonds. The van der Waals surface area contributed by atoms with E-state index in [1.807, 2.05) is 0 Å². The van der Waals surface area contributed by atoms with Crippen LogP contribution in [0.3, 0.4) is 0 Å². The molecule has 0 saturated heterocycles. The number of hydrogen-bond acceptors (Lipinski definition) is 3. The molecular formula is C12H23NO2. The van der Waals surface area contributed by atoms with Gasteiger partial charge in [0.15, 0.2) is 0 Å². The molecule has 2 unspecified atom stereocenters. The first kappa shape index (κ1) is 12.7. The van der Waals surface area contributed by atoms with Crippen molar-refractivity contribution in [2.24, 2.45) is 5.92 Å². The molecule has 0 aromatic rings. The van der Waals surface area contributed by atoms with Gasteiger partial charge in [-0.3, -0.25) is 9.69 Å².